The number of fused-ring (bicyclic) bond motifs is 6. The summed E-state index contributed by atoms with van der Waals surface area (Å²) in [6, 6.07) is 66.6. The van der Waals surface area contributed by atoms with Crippen molar-refractivity contribution in [3.8, 4) is 67.5 Å². The van der Waals surface area contributed by atoms with Gasteiger partial charge in [0.2, 0.25) is 0 Å². The van der Waals surface area contributed by atoms with Crippen LogP contribution < -0.4 is 0 Å². The Hall–Kier alpha value is -6.79. The van der Waals surface area contributed by atoms with Gasteiger partial charge in [0, 0.05) is 62.6 Å². The fourth-order valence-electron chi connectivity index (χ4n) is 7.96. The lowest BCUT2D eigenvalue weighted by Gasteiger charge is -2.11. The molecule has 8 aromatic carbocycles. The summed E-state index contributed by atoms with van der Waals surface area (Å²) in [7, 11) is 0. The number of rotatable bonds is 6. The Morgan fingerprint density at radius 2 is 0.821 bits per heavy atom. The molecule has 3 heterocycles. The standard InChI is InChI=1S/C51H31N3S2/c1-4-15-32(16-5-1)35-21-12-22-36(31-35)50-52-49(34-19-8-3-9-20-34)53-51(54-50)42-26-13-25-41-45-38(24-14-28-44(45)56-47(41)42)39-30-29-37(33-17-6-2-7-18-33)46-40-23-10-11-27-43(40)55-48(39)46/h1-31H. The van der Waals surface area contributed by atoms with E-state index in [0.717, 1.165) is 32.5 Å². The summed E-state index contributed by atoms with van der Waals surface area (Å²) in [5.41, 5.74) is 10.2. The summed E-state index contributed by atoms with van der Waals surface area (Å²) in [6.45, 7) is 0. The molecule has 0 saturated heterocycles. The first kappa shape index (κ1) is 32.6. The normalized spacial score (nSPS) is 11.6. The number of hydrogen-bond acceptors (Lipinski definition) is 5. The first-order valence-electron chi connectivity index (χ1n) is 18.7. The number of hydrogen-bond donors (Lipinski definition) is 0. The molecule has 0 amide bonds. The van der Waals surface area contributed by atoms with E-state index in [1.807, 2.05) is 46.9 Å². The molecule has 0 bridgehead atoms. The van der Waals surface area contributed by atoms with Crippen molar-refractivity contribution < 1.29 is 0 Å². The van der Waals surface area contributed by atoms with Crippen molar-refractivity contribution in [2.45, 2.75) is 0 Å². The molecule has 0 aliphatic carbocycles. The van der Waals surface area contributed by atoms with E-state index < -0.39 is 0 Å². The third kappa shape index (κ3) is 5.51. The highest BCUT2D eigenvalue weighted by Crippen LogP contribution is 2.49. The van der Waals surface area contributed by atoms with Gasteiger partial charge in [-0.25, -0.2) is 15.0 Å². The zero-order valence-electron chi connectivity index (χ0n) is 30.1. The molecule has 0 saturated carbocycles. The molecule has 11 aromatic rings. The average molecular weight is 750 g/mol. The first-order chi connectivity index (χ1) is 27.8. The summed E-state index contributed by atoms with van der Waals surface area (Å²) in [4.78, 5) is 15.5. The maximum absolute atomic E-state index is 5.22. The summed E-state index contributed by atoms with van der Waals surface area (Å²) in [5.74, 6) is 1.97. The van der Waals surface area contributed by atoms with Gasteiger partial charge in [-0.15, -0.1) is 22.7 Å². The maximum Gasteiger partial charge on any atom is 0.165 e. The second-order valence-electron chi connectivity index (χ2n) is 13.9. The van der Waals surface area contributed by atoms with E-state index in [1.54, 1.807) is 0 Å². The van der Waals surface area contributed by atoms with Crippen LogP contribution in [0.15, 0.2) is 188 Å². The molecule has 3 nitrogen and oxygen atoms in total. The van der Waals surface area contributed by atoms with Crippen molar-refractivity contribution >= 4 is 63.0 Å². The molecule has 0 fully saturated rings. The molecule has 0 spiro atoms. The lowest BCUT2D eigenvalue weighted by Crippen LogP contribution is -2.00. The summed E-state index contributed by atoms with van der Waals surface area (Å²) >= 11 is 3.69. The van der Waals surface area contributed by atoms with Gasteiger partial charge < -0.3 is 0 Å². The predicted octanol–water partition coefficient (Wildman–Crippen LogP) is 14.6. The molecular formula is C51H31N3S2. The van der Waals surface area contributed by atoms with Gasteiger partial charge in [0.15, 0.2) is 17.5 Å². The molecule has 56 heavy (non-hydrogen) atoms. The van der Waals surface area contributed by atoms with Crippen LogP contribution in [0.3, 0.4) is 0 Å². The van der Waals surface area contributed by atoms with Gasteiger partial charge in [-0.3, -0.25) is 0 Å². The molecule has 5 heteroatoms. The van der Waals surface area contributed by atoms with E-state index in [9.17, 15) is 0 Å². The Morgan fingerprint density at radius 3 is 1.62 bits per heavy atom. The van der Waals surface area contributed by atoms with E-state index in [4.69, 9.17) is 15.0 Å². The minimum Gasteiger partial charge on any atom is -0.208 e. The number of benzene rings is 8. The predicted molar refractivity (Wildman–Crippen MR) is 238 cm³/mol. The zero-order chi connectivity index (χ0) is 37.0. The highest BCUT2D eigenvalue weighted by Gasteiger charge is 2.21. The maximum atomic E-state index is 5.22. The highest BCUT2D eigenvalue weighted by atomic mass is 32.1. The van der Waals surface area contributed by atoms with Gasteiger partial charge in [0.05, 0.1) is 0 Å². The monoisotopic (exact) mass is 749 g/mol. The van der Waals surface area contributed by atoms with Gasteiger partial charge in [-0.05, 0) is 52.1 Å². The molecule has 11 rings (SSSR count). The Labute approximate surface area is 331 Å². The molecule has 0 radical (unpaired) electrons. The van der Waals surface area contributed by atoms with Gasteiger partial charge in [-0.2, -0.15) is 0 Å². The van der Waals surface area contributed by atoms with E-state index in [0.29, 0.717) is 17.5 Å². The van der Waals surface area contributed by atoms with E-state index >= 15 is 0 Å². The molecule has 0 atom stereocenters. The number of thiophene rings is 2. The van der Waals surface area contributed by atoms with Crippen molar-refractivity contribution in [1.29, 1.82) is 0 Å². The molecular weight excluding hydrogens is 719 g/mol. The van der Waals surface area contributed by atoms with Crippen LogP contribution in [0.4, 0.5) is 0 Å². The van der Waals surface area contributed by atoms with Crippen LogP contribution in [-0.2, 0) is 0 Å². The van der Waals surface area contributed by atoms with Crippen molar-refractivity contribution in [1.82, 2.24) is 15.0 Å². The smallest absolute Gasteiger partial charge is 0.165 e. The largest absolute Gasteiger partial charge is 0.208 e. The SMILES string of the molecule is c1ccc(-c2cccc(-c3nc(-c4ccccc4)nc(-c4cccc5c4sc4cccc(-c6ccc(-c7ccccc7)c7c6sc6ccccc67)c45)n3)c2)cc1. The summed E-state index contributed by atoms with van der Waals surface area (Å²) in [5, 5.41) is 5.07. The van der Waals surface area contributed by atoms with Gasteiger partial charge in [0.1, 0.15) is 0 Å². The zero-order valence-corrected chi connectivity index (χ0v) is 31.7. The lowest BCUT2D eigenvalue weighted by atomic mass is 9.93. The quantitative estimate of drug-likeness (QED) is 0.170. The molecule has 3 aromatic heterocycles. The topological polar surface area (TPSA) is 38.7 Å². The molecule has 0 aliphatic rings. The number of aromatic nitrogens is 3. The van der Waals surface area contributed by atoms with Crippen LogP contribution >= 0.6 is 22.7 Å². The first-order valence-corrected chi connectivity index (χ1v) is 20.3. The lowest BCUT2D eigenvalue weighted by molar-refractivity contribution is 1.08. The fourth-order valence-corrected chi connectivity index (χ4v) is 10.5. The van der Waals surface area contributed by atoms with Crippen molar-refractivity contribution in [2.24, 2.45) is 0 Å². The summed E-state index contributed by atoms with van der Waals surface area (Å²) in [6.07, 6.45) is 0. The van der Waals surface area contributed by atoms with Crippen LogP contribution in [0.1, 0.15) is 0 Å². The average Bonchev–Trinajstić information content (AvgIpc) is 3.86. The third-order valence-electron chi connectivity index (χ3n) is 10.6. The number of nitrogens with zero attached hydrogens (tertiary/aromatic N) is 3. The second-order valence-corrected chi connectivity index (χ2v) is 16.0. The molecule has 0 N–H and O–H groups in total. The molecule has 262 valence electrons. The van der Waals surface area contributed by atoms with Crippen molar-refractivity contribution in [3.05, 3.63) is 188 Å². The Balaban J connectivity index is 1.12. The Kier molecular flexibility index (Phi) is 7.87. The Morgan fingerprint density at radius 1 is 0.286 bits per heavy atom. The van der Waals surface area contributed by atoms with Gasteiger partial charge in [0.25, 0.3) is 0 Å². The molecule has 0 unspecified atom stereocenters. The highest BCUT2D eigenvalue weighted by molar-refractivity contribution is 7.27. The Bertz CT molecular complexity index is 3240. The summed E-state index contributed by atoms with van der Waals surface area (Å²) < 4.78 is 5.01. The van der Waals surface area contributed by atoms with Gasteiger partial charge in [-0.1, -0.05) is 164 Å². The van der Waals surface area contributed by atoms with E-state index in [-0.39, 0.29) is 0 Å². The minimum absolute atomic E-state index is 0.649. The van der Waals surface area contributed by atoms with Crippen LogP contribution in [0.5, 0.6) is 0 Å². The second kappa shape index (κ2) is 13.5. The van der Waals surface area contributed by atoms with Crippen LogP contribution in [0, 0.1) is 0 Å². The minimum atomic E-state index is 0.649. The van der Waals surface area contributed by atoms with Crippen LogP contribution in [0.2, 0.25) is 0 Å². The van der Waals surface area contributed by atoms with E-state index in [1.165, 1.54) is 57.9 Å². The van der Waals surface area contributed by atoms with Crippen LogP contribution in [-0.4, -0.2) is 15.0 Å². The molecule has 0 aliphatic heterocycles. The van der Waals surface area contributed by atoms with Crippen LogP contribution in [0.25, 0.3) is 108 Å². The fraction of sp³-hybridized carbons (Fsp3) is 0. The van der Waals surface area contributed by atoms with Crippen molar-refractivity contribution in [2.75, 3.05) is 0 Å². The van der Waals surface area contributed by atoms with Gasteiger partial charge >= 0.3 is 0 Å². The third-order valence-corrected chi connectivity index (χ3v) is 13.0. The van der Waals surface area contributed by atoms with Crippen molar-refractivity contribution in [3.63, 3.8) is 0 Å². The van der Waals surface area contributed by atoms with E-state index in [2.05, 4.69) is 164 Å².